The summed E-state index contributed by atoms with van der Waals surface area (Å²) in [6.07, 6.45) is 0. The van der Waals surface area contributed by atoms with E-state index in [-0.39, 0.29) is 28.3 Å². The molecule has 9 heteroatoms. The third-order valence-electron chi connectivity index (χ3n) is 5.48. The maximum Gasteiger partial charge on any atom is 0.300 e. The van der Waals surface area contributed by atoms with Crippen molar-refractivity contribution in [2.45, 2.75) is 6.04 Å². The van der Waals surface area contributed by atoms with Gasteiger partial charge in [0.15, 0.2) is 11.5 Å². The molecule has 0 radical (unpaired) electrons. The lowest BCUT2D eigenvalue weighted by atomic mass is 9.95. The van der Waals surface area contributed by atoms with Crippen molar-refractivity contribution in [2.75, 3.05) is 19.1 Å². The largest absolute Gasteiger partial charge is 0.508 e. The Balaban J connectivity index is 1.96. The Bertz CT molecular complexity index is 1320. The van der Waals surface area contributed by atoms with E-state index >= 15 is 0 Å². The highest BCUT2D eigenvalue weighted by Gasteiger charge is 2.47. The summed E-state index contributed by atoms with van der Waals surface area (Å²) in [5.74, 6) is -4.04. The van der Waals surface area contributed by atoms with Gasteiger partial charge in [0, 0.05) is 11.6 Å². The van der Waals surface area contributed by atoms with Crippen molar-refractivity contribution in [3.63, 3.8) is 0 Å². The normalized spacial score (nSPS) is 17.2. The first-order valence-corrected chi connectivity index (χ1v) is 10.0. The molecular weight excluding hydrogens is 448 g/mol. The molecular formula is C25H19F2NO6. The third kappa shape index (κ3) is 3.81. The van der Waals surface area contributed by atoms with Gasteiger partial charge in [0.2, 0.25) is 0 Å². The van der Waals surface area contributed by atoms with Gasteiger partial charge >= 0.3 is 0 Å². The fourth-order valence-corrected chi connectivity index (χ4v) is 3.87. The summed E-state index contributed by atoms with van der Waals surface area (Å²) in [5.41, 5.74) is -0.193. The second-order valence-corrected chi connectivity index (χ2v) is 7.43. The van der Waals surface area contributed by atoms with E-state index in [0.717, 1.165) is 17.0 Å². The number of halogens is 2. The van der Waals surface area contributed by atoms with Crippen molar-refractivity contribution in [3.8, 4) is 17.2 Å². The SMILES string of the molecule is COc1ccc(/C(O)=C2\C(=O)C(=O)N(c3ccc(F)cc3F)C2c2ccc(O)cc2)cc1OC. The number of benzene rings is 3. The highest BCUT2D eigenvalue weighted by Crippen LogP contribution is 2.44. The van der Waals surface area contributed by atoms with Crippen LogP contribution in [0.2, 0.25) is 0 Å². The molecule has 34 heavy (non-hydrogen) atoms. The van der Waals surface area contributed by atoms with Gasteiger partial charge in [-0.3, -0.25) is 14.5 Å². The quantitative estimate of drug-likeness (QED) is 0.330. The van der Waals surface area contributed by atoms with Gasteiger partial charge in [-0.1, -0.05) is 12.1 Å². The Kier molecular flexibility index (Phi) is 5.93. The van der Waals surface area contributed by atoms with Crippen LogP contribution in [-0.2, 0) is 9.59 Å². The second kappa shape index (κ2) is 8.86. The average Bonchev–Trinajstić information content (AvgIpc) is 3.09. The fourth-order valence-electron chi connectivity index (χ4n) is 3.87. The molecule has 174 valence electrons. The number of aromatic hydroxyl groups is 1. The van der Waals surface area contributed by atoms with Crippen molar-refractivity contribution in [3.05, 3.63) is 89.0 Å². The van der Waals surface area contributed by atoms with Crippen molar-refractivity contribution >= 4 is 23.1 Å². The lowest BCUT2D eigenvalue weighted by molar-refractivity contribution is -0.132. The van der Waals surface area contributed by atoms with E-state index in [1.807, 2.05) is 0 Å². The molecule has 0 bridgehead atoms. The number of Topliss-reactive ketones (excluding diaryl/α,β-unsaturated/α-hetero) is 1. The summed E-state index contributed by atoms with van der Waals surface area (Å²) in [5, 5.41) is 20.8. The van der Waals surface area contributed by atoms with E-state index in [1.165, 1.54) is 56.7 Å². The standard InChI is InChI=1S/C25H19F2NO6/c1-33-19-10-5-14(11-20(19)34-2)23(30)21-22(13-3-7-16(29)8-4-13)28(25(32)24(21)31)18-9-6-15(26)12-17(18)27/h3-12,22,29-30H,1-2H3/b23-21+. The van der Waals surface area contributed by atoms with Crippen molar-refractivity contribution in [1.29, 1.82) is 0 Å². The minimum Gasteiger partial charge on any atom is -0.508 e. The van der Waals surface area contributed by atoms with Crippen LogP contribution in [0, 0.1) is 11.6 Å². The monoisotopic (exact) mass is 467 g/mol. The molecule has 0 aliphatic carbocycles. The number of nitrogens with zero attached hydrogens (tertiary/aromatic N) is 1. The molecule has 2 N–H and O–H groups in total. The Labute approximate surface area is 193 Å². The first kappa shape index (κ1) is 22.8. The van der Waals surface area contributed by atoms with Gasteiger partial charge in [-0.05, 0) is 48.0 Å². The molecule has 0 spiro atoms. The molecule has 3 aromatic rings. The van der Waals surface area contributed by atoms with Gasteiger partial charge in [0.05, 0.1) is 31.5 Å². The zero-order valence-corrected chi connectivity index (χ0v) is 18.1. The van der Waals surface area contributed by atoms with Crippen LogP contribution in [0.15, 0.2) is 66.2 Å². The number of aliphatic hydroxyl groups is 1. The van der Waals surface area contributed by atoms with Crippen molar-refractivity contribution in [2.24, 2.45) is 0 Å². The van der Waals surface area contributed by atoms with Crippen LogP contribution in [0.3, 0.4) is 0 Å². The summed E-state index contributed by atoms with van der Waals surface area (Å²) in [7, 11) is 2.83. The number of methoxy groups -OCH3 is 2. The van der Waals surface area contributed by atoms with Gasteiger partial charge in [0.25, 0.3) is 11.7 Å². The highest BCUT2D eigenvalue weighted by atomic mass is 19.1. The van der Waals surface area contributed by atoms with E-state index in [0.29, 0.717) is 17.4 Å². The second-order valence-electron chi connectivity index (χ2n) is 7.43. The van der Waals surface area contributed by atoms with Crippen LogP contribution in [0.1, 0.15) is 17.2 Å². The number of ether oxygens (including phenoxy) is 2. The number of amides is 1. The van der Waals surface area contributed by atoms with Crippen LogP contribution in [0.5, 0.6) is 17.2 Å². The summed E-state index contributed by atoms with van der Waals surface area (Å²) in [6, 6.07) is 11.3. The van der Waals surface area contributed by atoms with Crippen molar-refractivity contribution < 1.29 is 38.1 Å². The molecule has 1 fully saturated rings. The zero-order chi connectivity index (χ0) is 24.6. The first-order valence-electron chi connectivity index (χ1n) is 10.0. The molecule has 1 atom stereocenters. The number of ketones is 1. The number of phenols is 1. The molecule has 1 saturated heterocycles. The molecule has 1 heterocycles. The molecule has 3 aromatic carbocycles. The van der Waals surface area contributed by atoms with Gasteiger partial charge < -0.3 is 19.7 Å². The molecule has 0 saturated carbocycles. The predicted octanol–water partition coefficient (Wildman–Crippen LogP) is 4.31. The Morgan fingerprint density at radius 1 is 0.912 bits per heavy atom. The lowest BCUT2D eigenvalue weighted by Gasteiger charge is -2.26. The molecule has 4 rings (SSSR count). The van der Waals surface area contributed by atoms with Gasteiger partial charge in [-0.15, -0.1) is 0 Å². The molecule has 1 aliphatic heterocycles. The average molecular weight is 467 g/mol. The van der Waals surface area contributed by atoms with E-state index in [4.69, 9.17) is 9.47 Å². The van der Waals surface area contributed by atoms with E-state index < -0.39 is 35.1 Å². The number of anilines is 1. The molecule has 1 unspecified atom stereocenters. The predicted molar refractivity (Wildman–Crippen MR) is 119 cm³/mol. The topological polar surface area (TPSA) is 96.3 Å². The minimum absolute atomic E-state index is 0.0754. The number of aliphatic hydroxyl groups excluding tert-OH is 1. The number of carbonyl (C=O) groups excluding carboxylic acids is 2. The Morgan fingerprint density at radius 3 is 2.21 bits per heavy atom. The molecule has 1 amide bonds. The summed E-state index contributed by atoms with van der Waals surface area (Å²) >= 11 is 0. The van der Waals surface area contributed by atoms with Crippen molar-refractivity contribution in [1.82, 2.24) is 0 Å². The first-order chi connectivity index (χ1) is 16.3. The van der Waals surface area contributed by atoms with E-state index in [1.54, 1.807) is 0 Å². The van der Waals surface area contributed by atoms with E-state index in [2.05, 4.69) is 0 Å². The lowest BCUT2D eigenvalue weighted by Crippen LogP contribution is -2.30. The van der Waals surface area contributed by atoms with E-state index in [9.17, 15) is 28.6 Å². The molecule has 7 nitrogen and oxygen atoms in total. The smallest absolute Gasteiger partial charge is 0.300 e. The van der Waals surface area contributed by atoms with Crippen LogP contribution in [0.25, 0.3) is 5.76 Å². The molecule has 0 aromatic heterocycles. The summed E-state index contributed by atoms with van der Waals surface area (Å²) < 4.78 is 38.6. The van der Waals surface area contributed by atoms with Gasteiger partial charge in [-0.2, -0.15) is 0 Å². The maximum absolute atomic E-state index is 14.7. The van der Waals surface area contributed by atoms with Gasteiger partial charge in [0.1, 0.15) is 23.1 Å². The Morgan fingerprint density at radius 2 is 1.59 bits per heavy atom. The zero-order valence-electron chi connectivity index (χ0n) is 18.1. The number of hydrogen-bond donors (Lipinski definition) is 2. The number of rotatable bonds is 5. The van der Waals surface area contributed by atoms with Gasteiger partial charge in [-0.25, -0.2) is 8.78 Å². The minimum atomic E-state index is -1.26. The summed E-state index contributed by atoms with van der Waals surface area (Å²) in [6.45, 7) is 0. The van der Waals surface area contributed by atoms with Crippen LogP contribution in [0.4, 0.5) is 14.5 Å². The Hall–Kier alpha value is -4.40. The maximum atomic E-state index is 14.7. The third-order valence-corrected chi connectivity index (χ3v) is 5.48. The van der Waals surface area contributed by atoms with Crippen LogP contribution >= 0.6 is 0 Å². The van der Waals surface area contributed by atoms with Crippen LogP contribution in [-0.4, -0.2) is 36.1 Å². The number of hydrogen-bond acceptors (Lipinski definition) is 6. The number of carbonyl (C=O) groups is 2. The number of phenolic OH excluding ortho intramolecular Hbond substituents is 1. The fraction of sp³-hybridized carbons (Fsp3) is 0.120. The van der Waals surface area contributed by atoms with Crippen LogP contribution < -0.4 is 14.4 Å². The summed E-state index contributed by atoms with van der Waals surface area (Å²) in [4.78, 5) is 27.0. The highest BCUT2D eigenvalue weighted by molar-refractivity contribution is 6.51. The molecule has 1 aliphatic rings.